The van der Waals surface area contributed by atoms with Gasteiger partial charge < -0.3 is 9.63 Å². The number of carbonyl (C=O) groups is 1. The Labute approximate surface area is 165 Å². The van der Waals surface area contributed by atoms with E-state index in [1.807, 2.05) is 12.1 Å². The molecule has 1 aliphatic carbocycles. The van der Waals surface area contributed by atoms with Crippen molar-refractivity contribution >= 4 is 17.5 Å². The van der Waals surface area contributed by atoms with Crippen molar-refractivity contribution in [1.82, 2.24) is 10.3 Å². The molecule has 2 heterocycles. The lowest BCUT2D eigenvalue weighted by molar-refractivity contribution is -0.672. The first-order valence-corrected chi connectivity index (χ1v) is 9.89. The number of nitriles is 1. The fourth-order valence-electron chi connectivity index (χ4n) is 3.23. The number of Topliss-reactive ketones (excluding diaryl/α,β-unsaturated/α-hetero) is 1. The van der Waals surface area contributed by atoms with E-state index in [2.05, 4.69) is 16.3 Å². The van der Waals surface area contributed by atoms with Gasteiger partial charge in [0.15, 0.2) is 5.95 Å². The number of thioether (sulfide) groups is 1. The van der Waals surface area contributed by atoms with Crippen molar-refractivity contribution in [3.05, 3.63) is 58.9 Å². The molecule has 0 amide bonds. The molecule has 140 valence electrons. The fourth-order valence-corrected chi connectivity index (χ4v) is 4.07. The van der Waals surface area contributed by atoms with Crippen LogP contribution in [0.1, 0.15) is 40.2 Å². The molecule has 0 saturated carbocycles. The maximum absolute atomic E-state index is 12.7. The number of rotatable bonds is 5. The number of aromatic nitrogens is 3. The minimum Gasteiger partial charge on any atom is -0.539 e. The Hall–Kier alpha value is -3.18. The third-order valence-corrected chi connectivity index (χ3v) is 5.59. The van der Waals surface area contributed by atoms with E-state index in [4.69, 9.17) is 4.52 Å². The molecule has 0 fully saturated rings. The van der Waals surface area contributed by atoms with Crippen molar-refractivity contribution in [2.45, 2.75) is 30.7 Å². The van der Waals surface area contributed by atoms with Crippen LogP contribution >= 0.6 is 11.8 Å². The summed E-state index contributed by atoms with van der Waals surface area (Å²) in [5.74, 6) is -1.25. The number of aryl methyl sites for hydroxylation is 2. The molecule has 0 spiro atoms. The second-order valence-corrected chi connectivity index (χ2v) is 7.40. The normalized spacial score (nSPS) is 13.0. The van der Waals surface area contributed by atoms with E-state index >= 15 is 0 Å². The Balaban J connectivity index is 1.58. The molecular weight excluding hydrogens is 376 g/mol. The topological polar surface area (TPSA) is 107 Å². The van der Waals surface area contributed by atoms with Crippen LogP contribution in [0.4, 0.5) is 0 Å². The molecule has 0 aliphatic heterocycles. The van der Waals surface area contributed by atoms with E-state index < -0.39 is 11.7 Å². The predicted molar refractivity (Wildman–Crippen MR) is 98.1 cm³/mol. The number of pyridine rings is 1. The summed E-state index contributed by atoms with van der Waals surface area (Å²) < 4.78 is 5.91. The molecule has 3 aromatic rings. The number of nitrogens with zero attached hydrogens (tertiary/aromatic N) is 4. The van der Waals surface area contributed by atoms with E-state index in [0.29, 0.717) is 16.3 Å². The highest BCUT2D eigenvalue weighted by Gasteiger charge is 2.28. The number of benzene rings is 1. The van der Waals surface area contributed by atoms with Crippen LogP contribution in [0.15, 0.2) is 45.9 Å². The number of para-hydroxylation sites is 1. The summed E-state index contributed by atoms with van der Waals surface area (Å²) >= 11 is 1.16. The molecule has 0 saturated heterocycles. The zero-order valence-corrected chi connectivity index (χ0v) is 15.7. The predicted octanol–water partition coefficient (Wildman–Crippen LogP) is 2.15. The van der Waals surface area contributed by atoms with Gasteiger partial charge in [-0.05, 0) is 42.0 Å². The van der Waals surface area contributed by atoms with E-state index in [1.165, 1.54) is 4.68 Å². The summed E-state index contributed by atoms with van der Waals surface area (Å²) in [4.78, 5) is 17.3. The summed E-state index contributed by atoms with van der Waals surface area (Å²) in [6, 6.07) is 12.9. The van der Waals surface area contributed by atoms with Gasteiger partial charge in [0.1, 0.15) is 11.1 Å². The molecule has 2 aromatic heterocycles. The van der Waals surface area contributed by atoms with Crippen LogP contribution in [0, 0.1) is 11.3 Å². The van der Waals surface area contributed by atoms with Gasteiger partial charge in [0.25, 0.3) is 0 Å². The second-order valence-electron chi connectivity index (χ2n) is 6.43. The van der Waals surface area contributed by atoms with Gasteiger partial charge in [0, 0.05) is 17.8 Å². The molecule has 4 rings (SSSR count). The lowest BCUT2D eigenvalue weighted by Crippen LogP contribution is -2.39. The lowest BCUT2D eigenvalue weighted by atomic mass is 9.95. The second kappa shape index (κ2) is 7.82. The van der Waals surface area contributed by atoms with Crippen molar-refractivity contribution in [1.29, 1.82) is 5.26 Å². The fraction of sp³-hybridized carbons (Fsp3) is 0.250. The molecule has 1 aromatic carbocycles. The highest BCUT2D eigenvalue weighted by molar-refractivity contribution is 8.00. The first-order chi connectivity index (χ1) is 13.7. The molecule has 28 heavy (non-hydrogen) atoms. The average molecular weight is 392 g/mol. The number of ketones is 1. The van der Waals surface area contributed by atoms with E-state index in [-0.39, 0.29) is 11.4 Å². The summed E-state index contributed by atoms with van der Waals surface area (Å²) in [6.45, 7) is 0. The van der Waals surface area contributed by atoms with Crippen molar-refractivity contribution in [3.8, 4) is 17.7 Å². The molecule has 1 aliphatic rings. The van der Waals surface area contributed by atoms with Crippen molar-refractivity contribution in [2.24, 2.45) is 0 Å². The average Bonchev–Trinajstić information content (AvgIpc) is 3.13. The monoisotopic (exact) mass is 392 g/mol. The molecule has 8 heteroatoms. The van der Waals surface area contributed by atoms with Gasteiger partial charge in [-0.15, -0.1) is 0 Å². The van der Waals surface area contributed by atoms with E-state index in [0.717, 1.165) is 48.7 Å². The minimum absolute atomic E-state index is 0.0379. The molecule has 0 N–H and O–H groups in total. The maximum Gasteiger partial charge on any atom is 0.307 e. The molecule has 0 unspecified atom stereocenters. The zero-order valence-electron chi connectivity index (χ0n) is 14.9. The third kappa shape index (κ3) is 3.49. The first-order valence-electron chi connectivity index (χ1n) is 8.90. The highest BCUT2D eigenvalue weighted by atomic mass is 32.2. The van der Waals surface area contributed by atoms with Crippen LogP contribution in [0.2, 0.25) is 0 Å². The number of hydrogen-bond donors (Lipinski definition) is 0. The maximum atomic E-state index is 12.7. The zero-order chi connectivity index (χ0) is 19.5. The standard InChI is InChI=1S/C20H16N4O3S/c21-11-14-10-13-6-4-5-9-16(13)22-19(14)28-12-17(25)18-20(26)27-23-24(18)15-7-2-1-3-8-15/h1-3,7-8,10H,4-6,9,12H2. The Morgan fingerprint density at radius 1 is 1.29 bits per heavy atom. The molecule has 0 bridgehead atoms. The van der Waals surface area contributed by atoms with Gasteiger partial charge in [-0.2, -0.15) is 5.26 Å². The van der Waals surface area contributed by atoms with Gasteiger partial charge in [-0.3, -0.25) is 4.79 Å². The van der Waals surface area contributed by atoms with E-state index in [9.17, 15) is 15.2 Å². The quantitative estimate of drug-likeness (QED) is 0.372. The van der Waals surface area contributed by atoms with Gasteiger partial charge in [-0.1, -0.05) is 30.0 Å². The highest BCUT2D eigenvalue weighted by Crippen LogP contribution is 2.28. The van der Waals surface area contributed by atoms with Gasteiger partial charge in [0.2, 0.25) is 11.5 Å². The van der Waals surface area contributed by atoms with Crippen LogP contribution in [-0.2, 0) is 12.8 Å². The third-order valence-electron chi connectivity index (χ3n) is 4.60. The van der Waals surface area contributed by atoms with Crippen molar-refractivity contribution in [2.75, 3.05) is 5.75 Å². The Bertz CT molecular complexity index is 1070. The SMILES string of the molecule is N#Cc1cc2c(nc1SCC(=O)c1c([O-])on[n+]1-c1ccccc1)CCCC2. The molecule has 0 atom stereocenters. The summed E-state index contributed by atoms with van der Waals surface area (Å²) in [6.07, 6.45) is 3.99. The van der Waals surface area contributed by atoms with Gasteiger partial charge in [-0.25, -0.2) is 4.98 Å². The Morgan fingerprint density at radius 3 is 2.86 bits per heavy atom. The van der Waals surface area contributed by atoms with Gasteiger partial charge in [0.05, 0.1) is 16.6 Å². The van der Waals surface area contributed by atoms with Crippen molar-refractivity contribution < 1.29 is 19.1 Å². The van der Waals surface area contributed by atoms with Crippen LogP contribution in [-0.4, -0.2) is 21.8 Å². The minimum atomic E-state index is -0.784. The summed E-state index contributed by atoms with van der Waals surface area (Å²) in [7, 11) is 0. The largest absolute Gasteiger partial charge is 0.539 e. The Kier molecular flexibility index (Phi) is 5.08. The van der Waals surface area contributed by atoms with E-state index in [1.54, 1.807) is 24.3 Å². The summed E-state index contributed by atoms with van der Waals surface area (Å²) in [5, 5.41) is 25.7. The number of fused-ring (bicyclic) bond motifs is 1. The Morgan fingerprint density at radius 2 is 2.07 bits per heavy atom. The molecule has 7 nitrogen and oxygen atoms in total. The summed E-state index contributed by atoms with van der Waals surface area (Å²) in [5.41, 5.74) is 2.99. The smallest absolute Gasteiger partial charge is 0.307 e. The lowest BCUT2D eigenvalue weighted by Gasteiger charge is -2.16. The molecule has 0 radical (unpaired) electrons. The number of hydrogen-bond acceptors (Lipinski definition) is 7. The number of carbonyl (C=O) groups excluding carboxylic acids is 1. The van der Waals surface area contributed by atoms with Crippen molar-refractivity contribution in [3.63, 3.8) is 0 Å². The van der Waals surface area contributed by atoms with Gasteiger partial charge >= 0.3 is 5.69 Å². The molecular formula is C20H16N4O3S. The first kappa shape index (κ1) is 18.2. The van der Waals surface area contributed by atoms with Crippen LogP contribution in [0.25, 0.3) is 5.69 Å². The van der Waals surface area contributed by atoms with Crippen LogP contribution < -0.4 is 9.79 Å². The van der Waals surface area contributed by atoms with Crippen LogP contribution in [0.3, 0.4) is 0 Å². The van der Waals surface area contributed by atoms with Crippen LogP contribution in [0.5, 0.6) is 5.95 Å².